The van der Waals surface area contributed by atoms with E-state index in [0.717, 1.165) is 70.6 Å². The predicted octanol–water partition coefficient (Wildman–Crippen LogP) is 15.8. The van der Waals surface area contributed by atoms with Crippen molar-refractivity contribution in [3.05, 3.63) is 48.6 Å². The van der Waals surface area contributed by atoms with Crippen LogP contribution in [-0.4, -0.2) is 46.9 Å². The van der Waals surface area contributed by atoms with E-state index in [1.54, 1.807) is 0 Å². The highest BCUT2D eigenvalue weighted by Gasteiger charge is 2.24. The Bertz CT molecular complexity index is 1050. The molecule has 0 heterocycles. The smallest absolute Gasteiger partial charge is 0.306 e. The molecular weight excluding hydrogens is 755 g/mol. The molecule has 0 aliphatic rings. The number of hydrogen-bond acceptors (Lipinski definition) is 5. The van der Waals surface area contributed by atoms with Crippen molar-refractivity contribution < 1.29 is 24.5 Å². The minimum atomic E-state index is -0.797. The van der Waals surface area contributed by atoms with Gasteiger partial charge in [0.2, 0.25) is 5.91 Å². The van der Waals surface area contributed by atoms with Crippen molar-refractivity contribution in [3.8, 4) is 0 Å². The van der Waals surface area contributed by atoms with Crippen molar-refractivity contribution in [1.29, 1.82) is 0 Å². The van der Waals surface area contributed by atoms with E-state index in [2.05, 4.69) is 68.6 Å². The third kappa shape index (κ3) is 44.2. The standard InChI is InChI=1S/C55H101NO5/c1-4-7-10-13-16-19-22-24-26-28-29-32-35-38-41-44-47-53(58)52(50-57)56-54(59)49-51(46-43-40-37-34-31-21-18-15-12-9-6-3)61-55(60)48-45-42-39-36-33-30-27-25-23-20-17-14-11-8-5-2/h9,12,15,18,20-21,23,31,51-53,57-58H,4-8,10-11,13-14,16-17,19,22,24-30,32-50H2,1-3H3,(H,56,59)/b12-9+,18-15+,23-20-,31-21-. The van der Waals surface area contributed by atoms with Gasteiger partial charge in [0.05, 0.1) is 25.2 Å². The normalized spacial score (nSPS) is 13.6. The van der Waals surface area contributed by atoms with E-state index in [4.69, 9.17) is 4.74 Å². The first kappa shape index (κ1) is 58.8. The third-order valence-corrected chi connectivity index (χ3v) is 12.0. The van der Waals surface area contributed by atoms with Gasteiger partial charge in [-0.2, -0.15) is 0 Å². The largest absolute Gasteiger partial charge is 0.462 e. The number of esters is 1. The molecule has 0 aromatic rings. The van der Waals surface area contributed by atoms with Crippen LogP contribution >= 0.6 is 0 Å². The Morgan fingerprint density at radius 3 is 1.41 bits per heavy atom. The van der Waals surface area contributed by atoms with Gasteiger partial charge in [-0.25, -0.2) is 0 Å². The summed E-state index contributed by atoms with van der Waals surface area (Å²) in [4.78, 5) is 26.1. The molecule has 3 unspecified atom stereocenters. The van der Waals surface area contributed by atoms with Crippen LogP contribution in [0.4, 0.5) is 0 Å². The molecule has 0 aromatic heterocycles. The van der Waals surface area contributed by atoms with E-state index in [9.17, 15) is 19.8 Å². The SMILES string of the molecule is CC/C=C/C=C/C=C\CCCCCC(CC(=O)NC(CO)C(O)CCCCCCCCCCCCCCCCCC)OC(=O)CCCCCCCCC/C=C\CCCCCC. The van der Waals surface area contributed by atoms with Crippen LogP contribution in [0.1, 0.15) is 265 Å². The van der Waals surface area contributed by atoms with E-state index < -0.39 is 18.2 Å². The minimum absolute atomic E-state index is 0.0536. The molecule has 0 saturated carbocycles. The monoisotopic (exact) mass is 856 g/mol. The maximum Gasteiger partial charge on any atom is 0.306 e. The van der Waals surface area contributed by atoms with Gasteiger partial charge in [-0.1, -0.05) is 230 Å². The van der Waals surface area contributed by atoms with E-state index in [-0.39, 0.29) is 24.9 Å². The lowest BCUT2D eigenvalue weighted by Crippen LogP contribution is -2.46. The lowest BCUT2D eigenvalue weighted by Gasteiger charge is -2.24. The molecule has 0 rings (SSSR count). The van der Waals surface area contributed by atoms with Crippen LogP contribution in [0.2, 0.25) is 0 Å². The summed E-state index contributed by atoms with van der Waals surface area (Å²) in [5, 5.41) is 23.8. The van der Waals surface area contributed by atoms with Crippen LogP contribution in [0, 0.1) is 0 Å². The zero-order chi connectivity index (χ0) is 44.5. The van der Waals surface area contributed by atoms with Crippen molar-refractivity contribution in [1.82, 2.24) is 5.32 Å². The summed E-state index contributed by atoms with van der Waals surface area (Å²) in [6.45, 7) is 6.34. The molecule has 0 spiro atoms. The number of carbonyl (C=O) groups is 2. The number of amides is 1. The molecule has 6 heteroatoms. The first-order valence-electron chi connectivity index (χ1n) is 26.4. The molecule has 3 N–H and O–H groups in total. The zero-order valence-corrected chi connectivity index (χ0v) is 40.5. The Morgan fingerprint density at radius 2 is 0.902 bits per heavy atom. The van der Waals surface area contributed by atoms with E-state index in [0.29, 0.717) is 19.3 Å². The Morgan fingerprint density at radius 1 is 0.492 bits per heavy atom. The number of rotatable bonds is 47. The molecule has 61 heavy (non-hydrogen) atoms. The highest BCUT2D eigenvalue weighted by atomic mass is 16.5. The number of aliphatic hydroxyl groups is 2. The lowest BCUT2D eigenvalue weighted by atomic mass is 10.0. The second-order valence-corrected chi connectivity index (χ2v) is 18.0. The Labute approximate surface area is 378 Å². The summed E-state index contributed by atoms with van der Waals surface area (Å²) < 4.78 is 5.91. The number of ether oxygens (including phenoxy) is 1. The van der Waals surface area contributed by atoms with Crippen LogP contribution in [-0.2, 0) is 14.3 Å². The first-order chi connectivity index (χ1) is 30.0. The van der Waals surface area contributed by atoms with Crippen LogP contribution < -0.4 is 5.32 Å². The van der Waals surface area contributed by atoms with E-state index in [1.165, 1.54) is 148 Å². The molecule has 3 atom stereocenters. The number of allylic oxidation sites excluding steroid dienone is 8. The van der Waals surface area contributed by atoms with Crippen molar-refractivity contribution in [2.45, 2.75) is 283 Å². The Kier molecular flexibility index (Phi) is 47.1. The average molecular weight is 856 g/mol. The summed E-state index contributed by atoms with van der Waals surface area (Å²) in [5.41, 5.74) is 0. The number of hydrogen-bond donors (Lipinski definition) is 3. The van der Waals surface area contributed by atoms with Gasteiger partial charge in [0.1, 0.15) is 6.10 Å². The fourth-order valence-electron chi connectivity index (χ4n) is 7.96. The molecule has 0 aliphatic heterocycles. The second-order valence-electron chi connectivity index (χ2n) is 18.0. The highest BCUT2D eigenvalue weighted by Crippen LogP contribution is 2.18. The molecule has 0 aromatic carbocycles. The van der Waals surface area contributed by atoms with Crippen molar-refractivity contribution >= 4 is 11.9 Å². The van der Waals surface area contributed by atoms with Crippen LogP contribution in [0.25, 0.3) is 0 Å². The molecule has 0 radical (unpaired) electrons. The van der Waals surface area contributed by atoms with Gasteiger partial charge in [-0.3, -0.25) is 9.59 Å². The molecule has 0 saturated heterocycles. The summed E-state index contributed by atoms with van der Waals surface area (Å²) in [6, 6.07) is -0.713. The van der Waals surface area contributed by atoms with Gasteiger partial charge in [-0.15, -0.1) is 0 Å². The number of nitrogens with one attached hydrogen (secondary N) is 1. The van der Waals surface area contributed by atoms with Gasteiger partial charge in [-0.05, 0) is 70.6 Å². The third-order valence-electron chi connectivity index (χ3n) is 12.0. The van der Waals surface area contributed by atoms with Gasteiger partial charge >= 0.3 is 5.97 Å². The van der Waals surface area contributed by atoms with E-state index in [1.807, 2.05) is 6.08 Å². The minimum Gasteiger partial charge on any atom is -0.462 e. The maximum absolute atomic E-state index is 13.2. The summed E-state index contributed by atoms with van der Waals surface area (Å²) in [6.07, 6.45) is 58.9. The quantitative estimate of drug-likeness (QED) is 0.0245. The summed E-state index contributed by atoms with van der Waals surface area (Å²) in [5.74, 6) is -0.509. The fourth-order valence-corrected chi connectivity index (χ4v) is 7.96. The molecule has 356 valence electrons. The summed E-state index contributed by atoms with van der Waals surface area (Å²) >= 11 is 0. The predicted molar refractivity (Wildman–Crippen MR) is 264 cm³/mol. The fraction of sp³-hybridized carbons (Fsp3) is 0.818. The molecule has 0 fully saturated rings. The van der Waals surface area contributed by atoms with Gasteiger partial charge in [0.15, 0.2) is 0 Å². The van der Waals surface area contributed by atoms with Crippen LogP contribution in [0.5, 0.6) is 0 Å². The Balaban J connectivity index is 4.51. The molecule has 0 bridgehead atoms. The molecule has 1 amide bonds. The van der Waals surface area contributed by atoms with Crippen LogP contribution in [0.3, 0.4) is 0 Å². The molecular formula is C55H101NO5. The topological polar surface area (TPSA) is 95.9 Å². The van der Waals surface area contributed by atoms with Gasteiger partial charge in [0.25, 0.3) is 0 Å². The highest BCUT2D eigenvalue weighted by molar-refractivity contribution is 5.77. The second kappa shape index (κ2) is 48.8. The molecule has 0 aliphatic carbocycles. The lowest BCUT2D eigenvalue weighted by molar-refractivity contribution is -0.151. The van der Waals surface area contributed by atoms with Crippen molar-refractivity contribution in [2.24, 2.45) is 0 Å². The van der Waals surface area contributed by atoms with Crippen molar-refractivity contribution in [2.75, 3.05) is 6.61 Å². The average Bonchev–Trinajstić information content (AvgIpc) is 3.25. The number of aliphatic hydroxyl groups excluding tert-OH is 2. The molecule has 6 nitrogen and oxygen atoms in total. The van der Waals surface area contributed by atoms with Crippen LogP contribution in [0.15, 0.2) is 48.6 Å². The number of carbonyl (C=O) groups excluding carboxylic acids is 2. The Hall–Kier alpha value is -2.18. The zero-order valence-electron chi connectivity index (χ0n) is 40.5. The van der Waals surface area contributed by atoms with Gasteiger partial charge < -0.3 is 20.3 Å². The number of unbranched alkanes of at least 4 members (excludes halogenated alkanes) is 29. The summed E-state index contributed by atoms with van der Waals surface area (Å²) in [7, 11) is 0. The van der Waals surface area contributed by atoms with Crippen molar-refractivity contribution in [3.63, 3.8) is 0 Å². The first-order valence-corrected chi connectivity index (χ1v) is 26.4. The van der Waals surface area contributed by atoms with E-state index >= 15 is 0 Å². The van der Waals surface area contributed by atoms with Gasteiger partial charge in [0, 0.05) is 6.42 Å². The maximum atomic E-state index is 13.2.